The van der Waals surface area contributed by atoms with Crippen molar-refractivity contribution in [1.82, 2.24) is 4.98 Å². The van der Waals surface area contributed by atoms with Crippen LogP contribution in [0.4, 0.5) is 0 Å². The zero-order valence-corrected chi connectivity index (χ0v) is 8.67. The van der Waals surface area contributed by atoms with Gasteiger partial charge >= 0.3 is 0 Å². The molecule has 0 spiro atoms. The van der Waals surface area contributed by atoms with E-state index in [1.165, 1.54) is 0 Å². The Bertz CT molecular complexity index is 516. The molecule has 0 bridgehead atoms. The van der Waals surface area contributed by atoms with E-state index in [0.29, 0.717) is 9.66 Å². The van der Waals surface area contributed by atoms with Crippen molar-refractivity contribution < 1.29 is 0 Å². The third-order valence-electron chi connectivity index (χ3n) is 2.04. The van der Waals surface area contributed by atoms with E-state index in [0.717, 1.165) is 16.5 Å². The molecular formula is C10H8ClNS. The van der Waals surface area contributed by atoms with E-state index in [1.807, 2.05) is 25.1 Å². The summed E-state index contributed by atoms with van der Waals surface area (Å²) in [6.45, 7) is 2.03. The van der Waals surface area contributed by atoms with Gasteiger partial charge in [-0.3, -0.25) is 0 Å². The smallest absolute Gasteiger partial charge is 0.105 e. The molecule has 1 aromatic heterocycles. The average Bonchev–Trinajstić information content (AvgIpc) is 2.07. The predicted molar refractivity (Wildman–Crippen MR) is 58.9 cm³/mol. The molecule has 0 saturated carbocycles. The molecule has 0 saturated heterocycles. The lowest BCUT2D eigenvalue weighted by atomic mass is 10.1. The van der Waals surface area contributed by atoms with Crippen molar-refractivity contribution in [2.24, 2.45) is 0 Å². The summed E-state index contributed by atoms with van der Waals surface area (Å²) in [6.07, 6.45) is 0. The van der Waals surface area contributed by atoms with Crippen LogP contribution in [0.15, 0.2) is 24.3 Å². The van der Waals surface area contributed by atoms with Gasteiger partial charge in [0.2, 0.25) is 0 Å². The molecular weight excluding hydrogens is 202 g/mol. The summed E-state index contributed by atoms with van der Waals surface area (Å²) in [5.41, 5.74) is 2.19. The molecule has 1 N–H and O–H groups in total. The topological polar surface area (TPSA) is 15.8 Å². The molecule has 66 valence electrons. The van der Waals surface area contributed by atoms with Crippen LogP contribution < -0.4 is 0 Å². The first-order chi connectivity index (χ1) is 6.18. The molecule has 0 aliphatic heterocycles. The highest BCUT2D eigenvalue weighted by Crippen LogP contribution is 2.23. The summed E-state index contributed by atoms with van der Waals surface area (Å²) in [6, 6.07) is 7.76. The van der Waals surface area contributed by atoms with Gasteiger partial charge in [-0.1, -0.05) is 42.0 Å². The number of aromatic nitrogens is 1. The van der Waals surface area contributed by atoms with Crippen LogP contribution in [-0.4, -0.2) is 4.98 Å². The Morgan fingerprint density at radius 1 is 1.38 bits per heavy atom. The normalized spacial score (nSPS) is 10.6. The van der Waals surface area contributed by atoms with Gasteiger partial charge in [-0.15, -0.1) is 0 Å². The van der Waals surface area contributed by atoms with Crippen molar-refractivity contribution in [3.8, 4) is 0 Å². The number of hydrogen-bond donors (Lipinski definition) is 1. The van der Waals surface area contributed by atoms with Crippen LogP contribution in [0, 0.1) is 11.6 Å². The number of halogens is 1. The first-order valence-electron chi connectivity index (χ1n) is 3.96. The second kappa shape index (κ2) is 3.13. The second-order valence-corrected chi connectivity index (χ2v) is 3.83. The fourth-order valence-electron chi connectivity index (χ4n) is 1.38. The molecule has 2 aromatic rings. The van der Waals surface area contributed by atoms with Gasteiger partial charge in [0.1, 0.15) is 4.64 Å². The van der Waals surface area contributed by atoms with Crippen LogP contribution in [0.25, 0.3) is 10.9 Å². The molecule has 2 rings (SSSR count). The van der Waals surface area contributed by atoms with Gasteiger partial charge in [-0.2, -0.15) is 0 Å². The second-order valence-electron chi connectivity index (χ2n) is 2.98. The molecule has 0 amide bonds. The van der Waals surface area contributed by atoms with Gasteiger partial charge in [0.25, 0.3) is 0 Å². The zero-order chi connectivity index (χ0) is 9.42. The van der Waals surface area contributed by atoms with Gasteiger partial charge in [0.15, 0.2) is 0 Å². The highest BCUT2D eigenvalue weighted by Gasteiger charge is 2.00. The minimum atomic E-state index is 0.673. The highest BCUT2D eigenvalue weighted by molar-refractivity contribution is 7.71. The van der Waals surface area contributed by atoms with Crippen molar-refractivity contribution >= 4 is 34.7 Å². The van der Waals surface area contributed by atoms with Crippen LogP contribution in [0.1, 0.15) is 5.56 Å². The summed E-state index contributed by atoms with van der Waals surface area (Å²) in [5, 5.41) is 1.73. The predicted octanol–water partition coefficient (Wildman–Crippen LogP) is 3.86. The summed E-state index contributed by atoms with van der Waals surface area (Å²) in [5.74, 6) is 0. The Kier molecular flexibility index (Phi) is 2.10. The van der Waals surface area contributed by atoms with Crippen LogP contribution in [0.3, 0.4) is 0 Å². The molecule has 0 radical (unpaired) electrons. The number of aromatic amines is 1. The summed E-state index contributed by atoms with van der Waals surface area (Å²) >= 11 is 11.1. The SMILES string of the molecule is Cc1cccc2c(Cl)cc(=S)[nH]c12. The van der Waals surface area contributed by atoms with Crippen molar-refractivity contribution in [1.29, 1.82) is 0 Å². The van der Waals surface area contributed by atoms with Crippen LogP contribution in [-0.2, 0) is 0 Å². The highest BCUT2D eigenvalue weighted by atomic mass is 35.5. The number of H-pyrrole nitrogens is 1. The fraction of sp³-hybridized carbons (Fsp3) is 0.100. The first kappa shape index (κ1) is 8.73. The number of para-hydroxylation sites is 1. The summed E-state index contributed by atoms with van der Waals surface area (Å²) in [7, 11) is 0. The molecule has 0 aliphatic carbocycles. The van der Waals surface area contributed by atoms with Crippen LogP contribution in [0.5, 0.6) is 0 Å². The zero-order valence-electron chi connectivity index (χ0n) is 7.10. The fourth-order valence-corrected chi connectivity index (χ4v) is 1.94. The monoisotopic (exact) mass is 209 g/mol. The Morgan fingerprint density at radius 2 is 2.15 bits per heavy atom. The molecule has 1 heterocycles. The number of pyridine rings is 1. The largest absolute Gasteiger partial charge is 0.346 e. The van der Waals surface area contributed by atoms with Gasteiger partial charge in [0, 0.05) is 5.39 Å². The van der Waals surface area contributed by atoms with Crippen molar-refractivity contribution in [3.63, 3.8) is 0 Å². The maximum atomic E-state index is 6.05. The summed E-state index contributed by atoms with van der Waals surface area (Å²) < 4.78 is 0.673. The first-order valence-corrected chi connectivity index (χ1v) is 4.75. The standard InChI is InChI=1S/C10H8ClNS/c1-6-3-2-4-7-8(11)5-9(13)12-10(6)7/h2-5H,1H3,(H,12,13). The van der Waals surface area contributed by atoms with Crippen LogP contribution in [0.2, 0.25) is 5.02 Å². The van der Waals surface area contributed by atoms with Crippen molar-refractivity contribution in [2.75, 3.05) is 0 Å². The van der Waals surface area contributed by atoms with Crippen molar-refractivity contribution in [2.45, 2.75) is 6.92 Å². The Hall–Kier alpha value is -0.860. The number of aryl methyl sites for hydroxylation is 1. The van der Waals surface area contributed by atoms with E-state index in [9.17, 15) is 0 Å². The third kappa shape index (κ3) is 1.47. The van der Waals surface area contributed by atoms with Gasteiger partial charge in [0.05, 0.1) is 10.5 Å². The van der Waals surface area contributed by atoms with Crippen molar-refractivity contribution in [3.05, 3.63) is 39.5 Å². The number of benzene rings is 1. The Labute approximate surface area is 86.4 Å². The van der Waals surface area contributed by atoms with E-state index in [-0.39, 0.29) is 0 Å². The van der Waals surface area contributed by atoms with E-state index in [1.54, 1.807) is 6.07 Å². The van der Waals surface area contributed by atoms with E-state index >= 15 is 0 Å². The molecule has 0 aliphatic rings. The molecule has 13 heavy (non-hydrogen) atoms. The van der Waals surface area contributed by atoms with Gasteiger partial charge in [-0.05, 0) is 18.6 Å². The average molecular weight is 210 g/mol. The molecule has 1 nitrogen and oxygen atoms in total. The number of hydrogen-bond acceptors (Lipinski definition) is 1. The molecule has 1 aromatic carbocycles. The van der Waals surface area contributed by atoms with E-state index in [4.69, 9.17) is 23.8 Å². The maximum absolute atomic E-state index is 6.05. The number of fused-ring (bicyclic) bond motifs is 1. The van der Waals surface area contributed by atoms with Gasteiger partial charge in [-0.25, -0.2) is 0 Å². The lowest BCUT2D eigenvalue weighted by Gasteiger charge is -2.03. The van der Waals surface area contributed by atoms with Crippen LogP contribution >= 0.6 is 23.8 Å². The maximum Gasteiger partial charge on any atom is 0.105 e. The minimum Gasteiger partial charge on any atom is -0.346 e. The minimum absolute atomic E-state index is 0.673. The van der Waals surface area contributed by atoms with Gasteiger partial charge < -0.3 is 4.98 Å². The Balaban J connectivity index is 3.03. The third-order valence-corrected chi connectivity index (χ3v) is 2.57. The lowest BCUT2D eigenvalue weighted by Crippen LogP contribution is -1.84. The molecule has 0 unspecified atom stereocenters. The number of rotatable bonds is 0. The summed E-state index contributed by atoms with van der Waals surface area (Å²) in [4.78, 5) is 3.13. The molecule has 0 fully saturated rings. The van der Waals surface area contributed by atoms with E-state index in [2.05, 4.69) is 4.98 Å². The Morgan fingerprint density at radius 3 is 2.92 bits per heavy atom. The quantitative estimate of drug-likeness (QED) is 0.652. The molecule has 0 atom stereocenters. The number of nitrogens with one attached hydrogen (secondary N) is 1. The lowest BCUT2D eigenvalue weighted by molar-refractivity contribution is 1.34. The van der Waals surface area contributed by atoms with E-state index < -0.39 is 0 Å². The molecule has 3 heteroatoms.